The van der Waals surface area contributed by atoms with E-state index >= 15 is 0 Å². The first-order valence-corrected chi connectivity index (χ1v) is 7.48. The zero-order valence-electron chi connectivity index (χ0n) is 12.7. The van der Waals surface area contributed by atoms with Crippen molar-refractivity contribution in [2.45, 2.75) is 31.3 Å². The Balaban J connectivity index is 0.000000203. The van der Waals surface area contributed by atoms with Crippen molar-refractivity contribution in [1.82, 2.24) is 10.3 Å². The van der Waals surface area contributed by atoms with E-state index in [0.29, 0.717) is 6.42 Å². The van der Waals surface area contributed by atoms with E-state index in [0.717, 1.165) is 35.9 Å². The Morgan fingerprint density at radius 1 is 1.30 bits per heavy atom. The Labute approximate surface area is 133 Å². The lowest BCUT2D eigenvalue weighted by molar-refractivity contribution is -0.139. The number of aromatic amines is 1. The summed E-state index contributed by atoms with van der Waals surface area (Å²) in [5, 5.41) is 21.0. The normalized spacial score (nSPS) is 18.2. The molecule has 3 rings (SSSR count). The smallest absolute Gasteiger partial charge is 0.320 e. The molecule has 0 radical (unpaired) electrons. The summed E-state index contributed by atoms with van der Waals surface area (Å²) in [6.07, 6.45) is 3.94. The summed E-state index contributed by atoms with van der Waals surface area (Å²) in [5.41, 5.74) is 7.43. The van der Waals surface area contributed by atoms with Gasteiger partial charge in [-0.15, -0.1) is 0 Å². The number of H-pyrrole nitrogens is 1. The highest BCUT2D eigenvalue weighted by atomic mass is 16.4. The molecule has 23 heavy (non-hydrogen) atoms. The molecule has 124 valence electrons. The number of aromatic nitrogens is 1. The molecule has 2 atom stereocenters. The van der Waals surface area contributed by atoms with Gasteiger partial charge in [0.2, 0.25) is 0 Å². The van der Waals surface area contributed by atoms with E-state index in [-0.39, 0.29) is 6.04 Å². The first-order valence-electron chi connectivity index (χ1n) is 7.48. The molecule has 0 spiro atoms. The second-order valence-electron chi connectivity index (χ2n) is 5.50. The number of carboxylic acid groups (broad SMARTS) is 2. The van der Waals surface area contributed by atoms with Crippen LogP contribution in [0.25, 0.3) is 10.9 Å². The van der Waals surface area contributed by atoms with E-state index in [2.05, 4.69) is 10.3 Å². The van der Waals surface area contributed by atoms with Crippen LogP contribution in [-0.2, 0) is 16.0 Å². The van der Waals surface area contributed by atoms with Gasteiger partial charge in [0.15, 0.2) is 0 Å². The predicted molar refractivity (Wildman–Crippen MR) is 86.3 cm³/mol. The average Bonchev–Trinajstić information content (AvgIpc) is 3.18. The molecule has 0 unspecified atom stereocenters. The lowest BCUT2D eigenvalue weighted by Gasteiger charge is -2.04. The van der Waals surface area contributed by atoms with Crippen LogP contribution in [0.15, 0.2) is 30.5 Å². The number of rotatable bonds is 4. The summed E-state index contributed by atoms with van der Waals surface area (Å²) in [4.78, 5) is 23.8. The lowest BCUT2D eigenvalue weighted by Crippen LogP contribution is -2.32. The molecule has 7 nitrogen and oxygen atoms in total. The number of nitrogens with two attached hydrogens (primary N) is 1. The molecule has 0 saturated carbocycles. The van der Waals surface area contributed by atoms with Gasteiger partial charge < -0.3 is 26.2 Å². The van der Waals surface area contributed by atoms with Crippen molar-refractivity contribution >= 4 is 22.8 Å². The van der Waals surface area contributed by atoms with E-state index in [1.165, 1.54) is 0 Å². The monoisotopic (exact) mass is 319 g/mol. The van der Waals surface area contributed by atoms with Crippen molar-refractivity contribution in [2.75, 3.05) is 6.54 Å². The predicted octanol–water partition coefficient (Wildman–Crippen LogP) is 0.945. The molecule has 1 aliphatic heterocycles. The largest absolute Gasteiger partial charge is 0.480 e. The number of aliphatic carboxylic acids is 2. The molecular formula is C16H21N3O4. The summed E-state index contributed by atoms with van der Waals surface area (Å²) in [6.45, 7) is 0.858. The quantitative estimate of drug-likeness (QED) is 0.570. The zero-order chi connectivity index (χ0) is 16.8. The van der Waals surface area contributed by atoms with E-state index in [1.807, 2.05) is 30.5 Å². The summed E-state index contributed by atoms with van der Waals surface area (Å²) < 4.78 is 0. The molecule has 0 aliphatic carbocycles. The average molecular weight is 319 g/mol. The molecule has 6 N–H and O–H groups in total. The van der Waals surface area contributed by atoms with Crippen molar-refractivity contribution in [2.24, 2.45) is 5.73 Å². The topological polar surface area (TPSA) is 128 Å². The SMILES string of the molecule is N[C@@H](Cc1c[nH]c2ccccc12)C(=O)O.O=C(O)[C@@H]1CCCN1. The fraction of sp³-hybridized carbons (Fsp3) is 0.375. The Kier molecular flexibility index (Phi) is 5.72. The third kappa shape index (κ3) is 4.54. The maximum atomic E-state index is 10.6. The number of hydrogen-bond donors (Lipinski definition) is 5. The minimum atomic E-state index is -0.972. The van der Waals surface area contributed by atoms with Gasteiger partial charge in [0, 0.05) is 23.5 Å². The Hall–Kier alpha value is -2.38. The number of hydrogen-bond acceptors (Lipinski definition) is 4. The van der Waals surface area contributed by atoms with Crippen LogP contribution >= 0.6 is 0 Å². The maximum Gasteiger partial charge on any atom is 0.320 e. The van der Waals surface area contributed by atoms with Gasteiger partial charge >= 0.3 is 11.9 Å². The first-order chi connectivity index (χ1) is 11.0. The number of nitrogens with one attached hydrogen (secondary N) is 2. The number of fused-ring (bicyclic) bond motifs is 1. The molecule has 1 aromatic carbocycles. The van der Waals surface area contributed by atoms with Gasteiger partial charge in [0.1, 0.15) is 12.1 Å². The van der Waals surface area contributed by atoms with Gasteiger partial charge in [0.05, 0.1) is 0 Å². The van der Waals surface area contributed by atoms with Crippen LogP contribution in [0.1, 0.15) is 18.4 Å². The second kappa shape index (κ2) is 7.75. The standard InChI is InChI=1S/C11H12N2O2.C5H9NO2/c12-9(11(14)15)5-7-6-13-10-4-2-1-3-8(7)10;7-5(8)4-2-1-3-6-4/h1-4,6,9,13H,5,12H2,(H,14,15);4,6H,1-3H2,(H,7,8)/t9-;4-/m00/s1. The number of carbonyl (C=O) groups is 2. The summed E-state index contributed by atoms with van der Waals surface area (Å²) in [5.74, 6) is -1.69. The van der Waals surface area contributed by atoms with E-state index in [9.17, 15) is 9.59 Å². The van der Waals surface area contributed by atoms with Crippen LogP contribution in [0, 0.1) is 0 Å². The van der Waals surface area contributed by atoms with Crippen molar-refractivity contribution in [3.05, 3.63) is 36.0 Å². The third-order valence-electron chi connectivity index (χ3n) is 3.79. The number of para-hydroxylation sites is 1. The highest BCUT2D eigenvalue weighted by Gasteiger charge is 2.20. The molecular weight excluding hydrogens is 298 g/mol. The molecule has 1 fully saturated rings. The molecule has 1 saturated heterocycles. The van der Waals surface area contributed by atoms with Gasteiger partial charge in [0.25, 0.3) is 0 Å². The second-order valence-corrected chi connectivity index (χ2v) is 5.50. The van der Waals surface area contributed by atoms with Gasteiger partial charge in [-0.3, -0.25) is 9.59 Å². The van der Waals surface area contributed by atoms with Crippen LogP contribution in [0.3, 0.4) is 0 Å². The fourth-order valence-corrected chi connectivity index (χ4v) is 2.52. The molecule has 1 aromatic heterocycles. The number of carboxylic acids is 2. The summed E-state index contributed by atoms with van der Waals surface area (Å²) in [7, 11) is 0. The van der Waals surface area contributed by atoms with Crippen LogP contribution < -0.4 is 11.1 Å². The summed E-state index contributed by atoms with van der Waals surface area (Å²) in [6, 6.07) is 6.64. The number of benzene rings is 1. The molecule has 1 aliphatic rings. The van der Waals surface area contributed by atoms with Gasteiger partial charge in [-0.1, -0.05) is 18.2 Å². The minimum absolute atomic E-state index is 0.269. The van der Waals surface area contributed by atoms with Gasteiger partial charge in [-0.25, -0.2) is 0 Å². The van der Waals surface area contributed by atoms with Crippen LogP contribution in [0.4, 0.5) is 0 Å². The van der Waals surface area contributed by atoms with Crippen LogP contribution in [0.2, 0.25) is 0 Å². The Morgan fingerprint density at radius 3 is 2.61 bits per heavy atom. The first kappa shape index (κ1) is 17.0. The maximum absolute atomic E-state index is 10.6. The lowest BCUT2D eigenvalue weighted by atomic mass is 10.1. The van der Waals surface area contributed by atoms with E-state index < -0.39 is 18.0 Å². The Morgan fingerprint density at radius 2 is 2.04 bits per heavy atom. The summed E-state index contributed by atoms with van der Waals surface area (Å²) >= 11 is 0. The molecule has 2 aromatic rings. The molecule has 2 heterocycles. The molecule has 0 bridgehead atoms. The van der Waals surface area contributed by atoms with Crippen molar-refractivity contribution in [3.8, 4) is 0 Å². The van der Waals surface area contributed by atoms with Crippen molar-refractivity contribution < 1.29 is 19.8 Å². The molecule has 0 amide bonds. The highest BCUT2D eigenvalue weighted by molar-refractivity contribution is 5.84. The fourth-order valence-electron chi connectivity index (χ4n) is 2.52. The van der Waals surface area contributed by atoms with Gasteiger partial charge in [-0.2, -0.15) is 0 Å². The Bertz CT molecular complexity index is 677. The van der Waals surface area contributed by atoms with E-state index in [1.54, 1.807) is 0 Å². The van der Waals surface area contributed by atoms with E-state index in [4.69, 9.17) is 15.9 Å². The van der Waals surface area contributed by atoms with Crippen LogP contribution in [0.5, 0.6) is 0 Å². The molecule has 7 heteroatoms. The zero-order valence-corrected chi connectivity index (χ0v) is 12.7. The van der Waals surface area contributed by atoms with Crippen molar-refractivity contribution in [3.63, 3.8) is 0 Å². The van der Waals surface area contributed by atoms with Crippen LogP contribution in [-0.4, -0.2) is 45.8 Å². The minimum Gasteiger partial charge on any atom is -0.480 e. The van der Waals surface area contributed by atoms with Gasteiger partial charge in [-0.05, 0) is 31.0 Å². The third-order valence-corrected chi connectivity index (χ3v) is 3.79. The van der Waals surface area contributed by atoms with Crippen molar-refractivity contribution in [1.29, 1.82) is 0 Å². The highest BCUT2D eigenvalue weighted by Crippen LogP contribution is 2.18.